The third kappa shape index (κ3) is 3.16. The zero-order valence-corrected chi connectivity index (χ0v) is 15.3. The van der Waals surface area contributed by atoms with Gasteiger partial charge in [-0.05, 0) is 39.8 Å². The molecule has 2 aromatic heterocycles. The van der Waals surface area contributed by atoms with E-state index in [1.165, 1.54) is 0 Å². The molecule has 0 aliphatic rings. The first-order chi connectivity index (χ1) is 12.1. The zero-order chi connectivity index (χ0) is 18.0. The van der Waals surface area contributed by atoms with Crippen molar-refractivity contribution in [1.29, 1.82) is 0 Å². The number of carbonyl (C=O) groups excluding carboxylic acids is 1. The van der Waals surface area contributed by atoms with Gasteiger partial charge in [0, 0.05) is 31.7 Å². The van der Waals surface area contributed by atoms with Crippen molar-refractivity contribution >= 4 is 16.9 Å². The van der Waals surface area contributed by atoms with Crippen LogP contribution in [-0.4, -0.2) is 31.8 Å². The number of para-hydroxylation sites is 2. The van der Waals surface area contributed by atoms with Crippen molar-refractivity contribution in [1.82, 2.24) is 24.6 Å². The molecule has 0 radical (unpaired) electrons. The Morgan fingerprint density at radius 3 is 2.60 bits per heavy atom. The Morgan fingerprint density at radius 2 is 1.92 bits per heavy atom. The van der Waals surface area contributed by atoms with Gasteiger partial charge in [0.1, 0.15) is 5.82 Å². The molecule has 0 saturated carbocycles. The predicted octanol–water partition coefficient (Wildman–Crippen LogP) is 2.86. The number of nitrogens with zero attached hydrogens (tertiary/aromatic N) is 4. The molecule has 1 amide bonds. The quantitative estimate of drug-likeness (QED) is 0.751. The van der Waals surface area contributed by atoms with Gasteiger partial charge in [-0.15, -0.1) is 0 Å². The van der Waals surface area contributed by atoms with E-state index < -0.39 is 0 Å². The number of nitrogens with one attached hydrogen (secondary N) is 1. The molecular formula is C19H25N5O. The molecule has 2 heterocycles. The first-order valence-electron chi connectivity index (χ1n) is 8.83. The maximum absolute atomic E-state index is 12.5. The topological polar surface area (TPSA) is 64.7 Å². The van der Waals surface area contributed by atoms with Gasteiger partial charge in [0.2, 0.25) is 0 Å². The van der Waals surface area contributed by atoms with E-state index in [1.54, 1.807) is 0 Å². The number of aromatic nitrogens is 4. The molecule has 0 fully saturated rings. The summed E-state index contributed by atoms with van der Waals surface area (Å²) in [5.41, 5.74) is 4.52. The molecule has 1 aromatic carbocycles. The second-order valence-corrected chi connectivity index (χ2v) is 6.13. The van der Waals surface area contributed by atoms with Crippen LogP contribution < -0.4 is 5.32 Å². The van der Waals surface area contributed by atoms with Crippen LogP contribution in [-0.2, 0) is 19.5 Å². The number of amides is 1. The minimum atomic E-state index is -0.0612. The number of carbonyl (C=O) groups is 1. The van der Waals surface area contributed by atoms with E-state index >= 15 is 0 Å². The molecule has 6 nitrogen and oxygen atoms in total. The summed E-state index contributed by atoms with van der Waals surface area (Å²) >= 11 is 0. The Morgan fingerprint density at radius 1 is 1.16 bits per heavy atom. The van der Waals surface area contributed by atoms with Crippen LogP contribution in [0.3, 0.4) is 0 Å². The van der Waals surface area contributed by atoms with Crippen LogP contribution in [0.25, 0.3) is 11.0 Å². The highest BCUT2D eigenvalue weighted by atomic mass is 16.1. The molecule has 1 N–H and O–H groups in total. The van der Waals surface area contributed by atoms with Crippen molar-refractivity contribution in [3.63, 3.8) is 0 Å². The Kier molecular flexibility index (Phi) is 4.88. The lowest BCUT2D eigenvalue weighted by atomic mass is 10.2. The minimum absolute atomic E-state index is 0.0612. The van der Waals surface area contributed by atoms with Crippen LogP contribution in [0, 0.1) is 13.8 Å². The molecule has 0 unspecified atom stereocenters. The Hall–Kier alpha value is -2.63. The molecule has 3 aromatic rings. The summed E-state index contributed by atoms with van der Waals surface area (Å²) in [6.07, 6.45) is 0.703. The van der Waals surface area contributed by atoms with Crippen molar-refractivity contribution in [3.05, 3.63) is 47.0 Å². The van der Waals surface area contributed by atoms with Gasteiger partial charge in [0.25, 0.3) is 5.91 Å². The summed E-state index contributed by atoms with van der Waals surface area (Å²) in [7, 11) is 0. The van der Waals surface area contributed by atoms with Crippen LogP contribution in [0.15, 0.2) is 24.3 Å². The number of benzene rings is 1. The molecule has 25 heavy (non-hydrogen) atoms. The van der Waals surface area contributed by atoms with Crippen molar-refractivity contribution in [2.75, 3.05) is 6.54 Å². The number of hydrogen-bond acceptors (Lipinski definition) is 3. The molecule has 0 atom stereocenters. The zero-order valence-electron chi connectivity index (χ0n) is 15.3. The number of imidazole rings is 1. The Balaban J connectivity index is 1.71. The SMILES string of the molecule is CCn1nc(C)c(C(=O)NCCc2nc3ccccc3n2CC)c1C. The average Bonchev–Trinajstić information content (AvgIpc) is 3.10. The summed E-state index contributed by atoms with van der Waals surface area (Å²) < 4.78 is 4.06. The molecule has 6 heteroatoms. The average molecular weight is 339 g/mol. The summed E-state index contributed by atoms with van der Waals surface area (Å²) in [6.45, 7) is 10.1. The lowest BCUT2D eigenvalue weighted by Gasteiger charge is -2.08. The summed E-state index contributed by atoms with van der Waals surface area (Å²) in [5, 5.41) is 7.43. The maximum atomic E-state index is 12.5. The minimum Gasteiger partial charge on any atom is -0.351 e. The van der Waals surface area contributed by atoms with E-state index in [2.05, 4.69) is 28.0 Å². The van der Waals surface area contributed by atoms with Crippen molar-refractivity contribution in [2.24, 2.45) is 0 Å². The number of hydrogen-bond donors (Lipinski definition) is 1. The molecule has 0 aliphatic heterocycles. The highest BCUT2D eigenvalue weighted by Crippen LogP contribution is 2.16. The van der Waals surface area contributed by atoms with Gasteiger partial charge in [-0.3, -0.25) is 9.48 Å². The molecular weight excluding hydrogens is 314 g/mol. The summed E-state index contributed by atoms with van der Waals surface area (Å²) in [6, 6.07) is 8.13. The van der Waals surface area contributed by atoms with Gasteiger partial charge in [-0.1, -0.05) is 12.1 Å². The first-order valence-corrected chi connectivity index (χ1v) is 8.83. The van der Waals surface area contributed by atoms with Crippen LogP contribution in [0.1, 0.15) is 41.4 Å². The Bertz CT molecular complexity index is 906. The van der Waals surface area contributed by atoms with E-state index in [0.29, 0.717) is 18.5 Å². The summed E-state index contributed by atoms with van der Waals surface area (Å²) in [4.78, 5) is 17.2. The molecule has 0 saturated heterocycles. The number of rotatable bonds is 6. The normalized spacial score (nSPS) is 11.2. The third-order valence-electron chi connectivity index (χ3n) is 4.59. The molecule has 0 bridgehead atoms. The van der Waals surface area contributed by atoms with E-state index in [1.807, 2.05) is 43.7 Å². The van der Waals surface area contributed by atoms with Gasteiger partial charge in [-0.2, -0.15) is 5.10 Å². The fourth-order valence-electron chi connectivity index (χ4n) is 3.38. The molecule has 132 valence electrons. The fourth-order valence-corrected chi connectivity index (χ4v) is 3.38. The lowest BCUT2D eigenvalue weighted by Crippen LogP contribution is -2.27. The second kappa shape index (κ2) is 7.09. The standard InChI is InChI=1S/C19H25N5O/c1-5-23-16-10-8-7-9-15(16)21-17(23)11-12-20-19(25)18-13(3)22-24(6-2)14(18)4/h7-10H,5-6,11-12H2,1-4H3,(H,20,25). The largest absolute Gasteiger partial charge is 0.351 e. The van der Waals surface area contributed by atoms with Gasteiger partial charge in [-0.25, -0.2) is 4.98 Å². The molecule has 0 aliphatic carbocycles. The molecule has 0 spiro atoms. The van der Waals surface area contributed by atoms with Crippen molar-refractivity contribution in [2.45, 2.75) is 47.2 Å². The first kappa shape index (κ1) is 17.2. The van der Waals surface area contributed by atoms with Crippen molar-refractivity contribution < 1.29 is 4.79 Å². The van der Waals surface area contributed by atoms with Crippen LogP contribution >= 0.6 is 0 Å². The van der Waals surface area contributed by atoms with Crippen LogP contribution in [0.2, 0.25) is 0 Å². The van der Waals surface area contributed by atoms with Gasteiger partial charge in [0.05, 0.1) is 22.3 Å². The monoisotopic (exact) mass is 339 g/mol. The van der Waals surface area contributed by atoms with Gasteiger partial charge >= 0.3 is 0 Å². The maximum Gasteiger partial charge on any atom is 0.255 e. The number of aryl methyl sites for hydroxylation is 3. The van der Waals surface area contributed by atoms with Crippen LogP contribution in [0.5, 0.6) is 0 Å². The van der Waals surface area contributed by atoms with Gasteiger partial charge in [0.15, 0.2) is 0 Å². The second-order valence-electron chi connectivity index (χ2n) is 6.13. The highest BCUT2D eigenvalue weighted by Gasteiger charge is 2.18. The predicted molar refractivity (Wildman–Crippen MR) is 98.8 cm³/mol. The van der Waals surface area contributed by atoms with Crippen molar-refractivity contribution in [3.8, 4) is 0 Å². The van der Waals surface area contributed by atoms with Gasteiger partial charge < -0.3 is 9.88 Å². The lowest BCUT2D eigenvalue weighted by molar-refractivity contribution is 0.0952. The summed E-state index contributed by atoms with van der Waals surface area (Å²) in [5.74, 6) is 0.940. The molecule has 3 rings (SSSR count). The van der Waals surface area contributed by atoms with E-state index in [4.69, 9.17) is 4.98 Å². The van der Waals surface area contributed by atoms with E-state index in [9.17, 15) is 4.79 Å². The third-order valence-corrected chi connectivity index (χ3v) is 4.59. The number of fused-ring (bicyclic) bond motifs is 1. The smallest absolute Gasteiger partial charge is 0.255 e. The van der Waals surface area contributed by atoms with Crippen LogP contribution in [0.4, 0.5) is 0 Å². The fraction of sp³-hybridized carbons (Fsp3) is 0.421. The highest BCUT2D eigenvalue weighted by molar-refractivity contribution is 5.96. The van der Waals surface area contributed by atoms with E-state index in [0.717, 1.165) is 41.3 Å². The Labute approximate surface area is 147 Å². The van der Waals surface area contributed by atoms with E-state index in [-0.39, 0.29) is 5.91 Å².